The molecule has 0 aromatic heterocycles. The van der Waals surface area contributed by atoms with E-state index in [0.29, 0.717) is 12.1 Å². The fourth-order valence-electron chi connectivity index (χ4n) is 2.50. The van der Waals surface area contributed by atoms with Crippen LogP contribution in [0.5, 0.6) is 0 Å². The van der Waals surface area contributed by atoms with Crippen molar-refractivity contribution in [3.05, 3.63) is 0 Å². The van der Waals surface area contributed by atoms with Gasteiger partial charge >= 0.3 is 6.03 Å². The fraction of sp³-hybridized carbons (Fsp3) is 0.900. The monoisotopic (exact) mass is 197 g/mol. The number of hydrogen-bond acceptors (Lipinski definition) is 2. The number of nitrogens with zero attached hydrogens (tertiary/aromatic N) is 3. The predicted molar refractivity (Wildman–Crippen MR) is 55.2 cm³/mol. The topological polar surface area (TPSA) is 26.8 Å². The second-order valence-corrected chi connectivity index (χ2v) is 4.48. The summed E-state index contributed by atoms with van der Waals surface area (Å²) in [4.78, 5) is 17.9. The van der Waals surface area contributed by atoms with Gasteiger partial charge in [0.2, 0.25) is 0 Å². The molecule has 2 unspecified atom stereocenters. The highest BCUT2D eigenvalue weighted by molar-refractivity contribution is 5.75. The Kier molecular flexibility index (Phi) is 2.39. The maximum Gasteiger partial charge on any atom is 0.320 e. The zero-order valence-electron chi connectivity index (χ0n) is 9.23. The summed E-state index contributed by atoms with van der Waals surface area (Å²) in [7, 11) is 3.65. The lowest BCUT2D eigenvalue weighted by atomic mass is 9.88. The molecule has 0 radical (unpaired) electrons. The van der Waals surface area contributed by atoms with Gasteiger partial charge in [0.05, 0.1) is 0 Å². The molecule has 4 heteroatoms. The first kappa shape index (κ1) is 9.77. The van der Waals surface area contributed by atoms with E-state index in [1.807, 2.05) is 19.0 Å². The van der Waals surface area contributed by atoms with Gasteiger partial charge in [0, 0.05) is 39.3 Å². The van der Waals surface area contributed by atoms with Crippen molar-refractivity contribution < 1.29 is 4.79 Å². The SMILES string of the molecule is CCN1CC2CC(C1)N2C(=O)N(C)C. The van der Waals surface area contributed by atoms with Gasteiger partial charge < -0.3 is 9.80 Å². The maximum absolute atomic E-state index is 11.8. The summed E-state index contributed by atoms with van der Waals surface area (Å²) in [5.41, 5.74) is 0. The molecule has 2 amide bonds. The van der Waals surface area contributed by atoms with Crippen LogP contribution in [0.2, 0.25) is 0 Å². The number of piperazine rings is 1. The molecule has 3 aliphatic rings. The van der Waals surface area contributed by atoms with Crippen molar-refractivity contribution in [2.45, 2.75) is 25.4 Å². The first-order valence-corrected chi connectivity index (χ1v) is 5.35. The molecule has 0 aromatic rings. The molecule has 0 aliphatic carbocycles. The highest BCUT2D eigenvalue weighted by atomic mass is 16.2. The molecule has 3 saturated heterocycles. The van der Waals surface area contributed by atoms with Crippen molar-refractivity contribution in [1.82, 2.24) is 14.7 Å². The number of urea groups is 1. The summed E-state index contributed by atoms with van der Waals surface area (Å²) >= 11 is 0. The molecule has 0 saturated carbocycles. The Bertz CT molecular complexity index is 230. The summed E-state index contributed by atoms with van der Waals surface area (Å²) in [5, 5.41) is 0. The van der Waals surface area contributed by atoms with E-state index in [1.54, 1.807) is 4.90 Å². The zero-order valence-corrected chi connectivity index (χ0v) is 9.23. The number of piperidine rings is 1. The number of carbonyl (C=O) groups excluding carboxylic acids is 1. The van der Waals surface area contributed by atoms with E-state index in [-0.39, 0.29) is 6.03 Å². The van der Waals surface area contributed by atoms with Crippen molar-refractivity contribution in [2.75, 3.05) is 33.7 Å². The van der Waals surface area contributed by atoms with Crippen LogP contribution in [0.1, 0.15) is 13.3 Å². The molecule has 3 rings (SSSR count). The number of carbonyl (C=O) groups is 1. The Labute approximate surface area is 85.5 Å². The summed E-state index contributed by atoms with van der Waals surface area (Å²) in [6.07, 6.45) is 1.20. The molecule has 80 valence electrons. The van der Waals surface area contributed by atoms with E-state index < -0.39 is 0 Å². The zero-order chi connectivity index (χ0) is 10.3. The van der Waals surface area contributed by atoms with E-state index in [0.717, 1.165) is 19.6 Å². The van der Waals surface area contributed by atoms with Crippen LogP contribution in [0.15, 0.2) is 0 Å². The predicted octanol–water partition coefficient (Wildman–Crippen LogP) is 0.446. The molecular formula is C10H19N3O. The largest absolute Gasteiger partial charge is 0.331 e. The highest BCUT2D eigenvalue weighted by Crippen LogP contribution is 2.32. The van der Waals surface area contributed by atoms with Crippen molar-refractivity contribution in [3.8, 4) is 0 Å². The van der Waals surface area contributed by atoms with Crippen LogP contribution in [0.25, 0.3) is 0 Å². The van der Waals surface area contributed by atoms with Gasteiger partial charge in [-0.1, -0.05) is 6.92 Å². The Hall–Kier alpha value is -0.770. The van der Waals surface area contributed by atoms with Crippen molar-refractivity contribution in [2.24, 2.45) is 0 Å². The first-order chi connectivity index (χ1) is 6.63. The van der Waals surface area contributed by atoms with Crippen LogP contribution in [-0.2, 0) is 0 Å². The van der Waals surface area contributed by atoms with Crippen LogP contribution >= 0.6 is 0 Å². The Balaban J connectivity index is 1.97. The highest BCUT2D eigenvalue weighted by Gasteiger charge is 2.47. The third kappa shape index (κ3) is 1.38. The summed E-state index contributed by atoms with van der Waals surface area (Å²) in [5.74, 6) is 0. The van der Waals surface area contributed by atoms with E-state index in [1.165, 1.54) is 6.42 Å². The van der Waals surface area contributed by atoms with Crippen LogP contribution in [0.4, 0.5) is 4.79 Å². The minimum atomic E-state index is 0.182. The van der Waals surface area contributed by atoms with Crippen molar-refractivity contribution in [1.29, 1.82) is 0 Å². The molecule has 0 spiro atoms. The lowest BCUT2D eigenvalue weighted by Gasteiger charge is -2.56. The van der Waals surface area contributed by atoms with Gasteiger partial charge in [-0.3, -0.25) is 4.90 Å². The smallest absolute Gasteiger partial charge is 0.320 e. The molecule has 0 aromatic carbocycles. The second kappa shape index (κ2) is 3.42. The molecule has 3 fully saturated rings. The first-order valence-electron chi connectivity index (χ1n) is 5.35. The number of amides is 2. The third-order valence-corrected chi connectivity index (χ3v) is 3.32. The lowest BCUT2D eigenvalue weighted by molar-refractivity contribution is -0.0410. The molecule has 14 heavy (non-hydrogen) atoms. The third-order valence-electron chi connectivity index (χ3n) is 3.32. The number of fused-ring (bicyclic) bond motifs is 2. The van der Waals surface area contributed by atoms with E-state index in [4.69, 9.17) is 0 Å². The van der Waals surface area contributed by atoms with E-state index in [9.17, 15) is 4.79 Å². The fourth-order valence-corrected chi connectivity index (χ4v) is 2.50. The van der Waals surface area contributed by atoms with Gasteiger partial charge in [-0.15, -0.1) is 0 Å². The Morgan fingerprint density at radius 3 is 2.36 bits per heavy atom. The van der Waals surface area contributed by atoms with Crippen LogP contribution in [-0.4, -0.2) is 66.5 Å². The number of hydrogen-bond donors (Lipinski definition) is 0. The maximum atomic E-state index is 11.8. The lowest BCUT2D eigenvalue weighted by Crippen LogP contribution is -2.71. The number of rotatable bonds is 1. The van der Waals surface area contributed by atoms with Gasteiger partial charge in [0.1, 0.15) is 0 Å². The van der Waals surface area contributed by atoms with Crippen molar-refractivity contribution in [3.63, 3.8) is 0 Å². The van der Waals surface area contributed by atoms with Crippen LogP contribution in [0, 0.1) is 0 Å². The quantitative estimate of drug-likeness (QED) is 0.610. The molecule has 4 nitrogen and oxygen atoms in total. The second-order valence-electron chi connectivity index (χ2n) is 4.48. The Morgan fingerprint density at radius 2 is 1.93 bits per heavy atom. The van der Waals surface area contributed by atoms with Gasteiger partial charge in [-0.05, 0) is 13.0 Å². The van der Waals surface area contributed by atoms with Crippen molar-refractivity contribution >= 4 is 6.03 Å². The van der Waals surface area contributed by atoms with Crippen LogP contribution < -0.4 is 0 Å². The molecule has 3 aliphatic heterocycles. The molecule has 2 bridgehead atoms. The average Bonchev–Trinajstić information content (AvgIpc) is 2.17. The molecule has 0 N–H and O–H groups in total. The minimum Gasteiger partial charge on any atom is -0.331 e. The van der Waals surface area contributed by atoms with Crippen LogP contribution in [0.3, 0.4) is 0 Å². The van der Waals surface area contributed by atoms with Gasteiger partial charge in [0.15, 0.2) is 0 Å². The van der Waals surface area contributed by atoms with E-state index >= 15 is 0 Å². The summed E-state index contributed by atoms with van der Waals surface area (Å²) in [6.45, 7) is 5.42. The molecular weight excluding hydrogens is 178 g/mol. The minimum absolute atomic E-state index is 0.182. The Morgan fingerprint density at radius 1 is 1.36 bits per heavy atom. The average molecular weight is 197 g/mol. The van der Waals surface area contributed by atoms with Gasteiger partial charge in [0.25, 0.3) is 0 Å². The number of likely N-dealkylation sites (N-methyl/N-ethyl adjacent to an activating group) is 1. The van der Waals surface area contributed by atoms with E-state index in [2.05, 4.69) is 11.8 Å². The normalized spacial score (nSPS) is 31.2. The standard InChI is InChI=1S/C10H19N3O/c1-4-12-6-8-5-9(7-12)13(8)10(14)11(2)3/h8-9H,4-7H2,1-3H3. The van der Waals surface area contributed by atoms with Gasteiger partial charge in [-0.2, -0.15) is 0 Å². The molecule has 3 heterocycles. The summed E-state index contributed by atoms with van der Waals surface area (Å²) in [6, 6.07) is 1.13. The van der Waals surface area contributed by atoms with Gasteiger partial charge in [-0.25, -0.2) is 4.79 Å². The molecule has 2 atom stereocenters. The summed E-state index contributed by atoms with van der Waals surface area (Å²) < 4.78 is 0.